The van der Waals surface area contributed by atoms with Crippen LogP contribution in [0, 0.1) is 6.92 Å². The molecule has 0 spiro atoms. The molecule has 2 N–H and O–H groups in total. The number of hydrogen-bond donors (Lipinski definition) is 2. The number of hydrogen-bond acceptors (Lipinski definition) is 4. The molecule has 32 heavy (non-hydrogen) atoms. The number of aromatic nitrogens is 4. The van der Waals surface area contributed by atoms with Gasteiger partial charge in [-0.05, 0) is 42.3 Å². The molecule has 8 nitrogen and oxygen atoms in total. The van der Waals surface area contributed by atoms with Gasteiger partial charge in [-0.1, -0.05) is 30.3 Å². The van der Waals surface area contributed by atoms with Gasteiger partial charge in [0, 0.05) is 43.8 Å². The first-order valence-corrected chi connectivity index (χ1v) is 10.7. The average Bonchev–Trinajstić information content (AvgIpc) is 3.45. The molecule has 0 unspecified atom stereocenters. The van der Waals surface area contributed by atoms with Gasteiger partial charge in [0.1, 0.15) is 0 Å². The molecular weight excluding hydrogens is 402 g/mol. The third-order valence-electron chi connectivity index (χ3n) is 5.59. The van der Waals surface area contributed by atoms with Crippen LogP contribution in [0.25, 0.3) is 5.69 Å². The molecule has 0 radical (unpaired) electrons. The second kappa shape index (κ2) is 8.68. The molecule has 5 rings (SSSR count). The number of carbonyl (C=O) groups is 1. The van der Waals surface area contributed by atoms with Gasteiger partial charge >= 0.3 is 6.03 Å². The van der Waals surface area contributed by atoms with E-state index in [4.69, 9.17) is 0 Å². The number of amides is 2. The van der Waals surface area contributed by atoms with E-state index in [0.717, 1.165) is 48.8 Å². The molecule has 8 heteroatoms. The molecule has 1 aliphatic heterocycles. The summed E-state index contributed by atoms with van der Waals surface area (Å²) in [5.41, 5.74) is 5.04. The van der Waals surface area contributed by atoms with Crippen LogP contribution < -0.4 is 10.6 Å². The lowest BCUT2D eigenvalue weighted by molar-refractivity contribution is 0.205. The number of urea groups is 1. The number of anilines is 2. The lowest BCUT2D eigenvalue weighted by atomic mass is 10.2. The molecule has 0 aliphatic carbocycles. The first-order chi connectivity index (χ1) is 15.6. The summed E-state index contributed by atoms with van der Waals surface area (Å²) in [5.74, 6) is 0.560. The number of nitrogens with zero attached hydrogens (tertiary/aromatic N) is 5. The molecular formula is C24H25N7O. The van der Waals surface area contributed by atoms with Crippen LogP contribution in [0.1, 0.15) is 16.8 Å². The summed E-state index contributed by atoms with van der Waals surface area (Å²) in [6.45, 7) is 5.40. The highest BCUT2D eigenvalue weighted by molar-refractivity contribution is 5.99. The molecule has 2 aromatic heterocycles. The van der Waals surface area contributed by atoms with E-state index in [1.165, 1.54) is 5.56 Å². The van der Waals surface area contributed by atoms with E-state index >= 15 is 0 Å². The normalized spacial score (nSPS) is 13.5. The van der Waals surface area contributed by atoms with Crippen molar-refractivity contribution in [1.29, 1.82) is 0 Å². The van der Waals surface area contributed by atoms with E-state index < -0.39 is 0 Å². The summed E-state index contributed by atoms with van der Waals surface area (Å²) in [7, 11) is 0. The zero-order valence-electron chi connectivity index (χ0n) is 17.9. The number of fused-ring (bicyclic) bond motifs is 1. The number of aryl methyl sites for hydroxylation is 1. The second-order valence-corrected chi connectivity index (χ2v) is 7.97. The summed E-state index contributed by atoms with van der Waals surface area (Å²) in [6, 6.07) is 19.8. The fourth-order valence-electron chi connectivity index (χ4n) is 3.98. The molecule has 0 bridgehead atoms. The monoisotopic (exact) mass is 427 g/mol. The second-order valence-electron chi connectivity index (χ2n) is 7.97. The highest BCUT2D eigenvalue weighted by Gasteiger charge is 2.19. The molecule has 162 valence electrons. The van der Waals surface area contributed by atoms with Crippen molar-refractivity contribution in [3.05, 3.63) is 89.9 Å². The van der Waals surface area contributed by atoms with Gasteiger partial charge in [0.05, 0.1) is 17.9 Å². The van der Waals surface area contributed by atoms with Crippen LogP contribution in [0.2, 0.25) is 0 Å². The van der Waals surface area contributed by atoms with Crippen molar-refractivity contribution in [3.63, 3.8) is 0 Å². The zero-order chi connectivity index (χ0) is 21.9. The van der Waals surface area contributed by atoms with Gasteiger partial charge in [-0.2, -0.15) is 10.2 Å². The average molecular weight is 428 g/mol. The fourth-order valence-corrected chi connectivity index (χ4v) is 3.98. The maximum Gasteiger partial charge on any atom is 0.324 e. The van der Waals surface area contributed by atoms with Gasteiger partial charge in [0.25, 0.3) is 0 Å². The molecule has 4 aromatic rings. The van der Waals surface area contributed by atoms with Gasteiger partial charge < -0.3 is 5.32 Å². The van der Waals surface area contributed by atoms with Crippen molar-refractivity contribution in [2.75, 3.05) is 17.2 Å². The lowest BCUT2D eigenvalue weighted by Gasteiger charge is -2.27. The maximum absolute atomic E-state index is 12.6. The number of carbonyl (C=O) groups excluding carboxylic acids is 1. The molecule has 1 aliphatic rings. The quantitative estimate of drug-likeness (QED) is 0.504. The zero-order valence-corrected chi connectivity index (χ0v) is 17.9. The largest absolute Gasteiger partial charge is 0.324 e. The Morgan fingerprint density at radius 3 is 2.69 bits per heavy atom. The van der Waals surface area contributed by atoms with Crippen LogP contribution >= 0.6 is 0 Å². The van der Waals surface area contributed by atoms with E-state index in [-0.39, 0.29) is 6.03 Å². The Labute approximate surface area is 186 Å². The third kappa shape index (κ3) is 4.40. The molecule has 0 saturated heterocycles. The van der Waals surface area contributed by atoms with E-state index in [2.05, 4.69) is 50.0 Å². The summed E-state index contributed by atoms with van der Waals surface area (Å²) >= 11 is 0. The van der Waals surface area contributed by atoms with Crippen molar-refractivity contribution in [2.45, 2.75) is 26.6 Å². The Hall–Kier alpha value is -3.91. The van der Waals surface area contributed by atoms with Gasteiger partial charge in [-0.25, -0.2) is 9.48 Å². The molecule has 2 amide bonds. The fraction of sp³-hybridized carbons (Fsp3) is 0.208. The van der Waals surface area contributed by atoms with Gasteiger partial charge in [0.2, 0.25) is 0 Å². The van der Waals surface area contributed by atoms with Crippen molar-refractivity contribution >= 4 is 17.5 Å². The summed E-state index contributed by atoms with van der Waals surface area (Å²) < 4.78 is 3.76. The minimum Gasteiger partial charge on any atom is -0.307 e. The van der Waals surface area contributed by atoms with Crippen molar-refractivity contribution in [3.8, 4) is 5.69 Å². The Kier molecular flexibility index (Phi) is 5.43. The first kappa shape index (κ1) is 20.0. The van der Waals surface area contributed by atoms with E-state index in [1.54, 1.807) is 10.9 Å². The van der Waals surface area contributed by atoms with E-state index in [0.29, 0.717) is 5.82 Å². The van der Waals surface area contributed by atoms with Crippen LogP contribution in [0.3, 0.4) is 0 Å². The van der Waals surface area contributed by atoms with Crippen LogP contribution in [0.15, 0.2) is 73.1 Å². The molecule has 3 heterocycles. The van der Waals surface area contributed by atoms with Crippen molar-refractivity contribution in [2.24, 2.45) is 0 Å². The number of nitrogens with one attached hydrogen (secondary N) is 2. The van der Waals surface area contributed by atoms with Crippen LogP contribution in [-0.2, 0) is 19.6 Å². The number of benzene rings is 2. The minimum atomic E-state index is -0.309. The molecule has 0 fully saturated rings. The van der Waals surface area contributed by atoms with E-state index in [9.17, 15) is 4.79 Å². The minimum absolute atomic E-state index is 0.309. The summed E-state index contributed by atoms with van der Waals surface area (Å²) in [4.78, 5) is 15.0. The Morgan fingerprint density at radius 2 is 1.91 bits per heavy atom. The van der Waals surface area contributed by atoms with E-state index in [1.807, 2.05) is 54.2 Å². The Morgan fingerprint density at radius 1 is 1.03 bits per heavy atom. The maximum atomic E-state index is 12.6. The van der Waals surface area contributed by atoms with Gasteiger partial charge in [-0.15, -0.1) is 0 Å². The predicted octanol–water partition coefficient (Wildman–Crippen LogP) is 4.04. The SMILES string of the molecule is Cc1cc(-n2cccn2)ccc1NC(=O)Nc1cc2n(n1)CCN(Cc1ccccc1)C2. The highest BCUT2D eigenvalue weighted by atomic mass is 16.2. The standard InChI is InChI=1S/C24H25N7O/c1-18-14-20(30-11-5-10-25-30)8-9-22(18)26-24(32)27-23-15-21-17-29(12-13-31(21)28-23)16-19-6-3-2-4-7-19/h2-11,14-15H,12-13,16-17H2,1H3,(H2,26,27,28,32). The molecule has 0 atom stereocenters. The number of rotatable bonds is 5. The molecule has 2 aromatic carbocycles. The van der Waals surface area contributed by atoms with Gasteiger partial charge in [0.15, 0.2) is 5.82 Å². The van der Waals surface area contributed by atoms with Crippen molar-refractivity contribution in [1.82, 2.24) is 24.5 Å². The summed E-state index contributed by atoms with van der Waals surface area (Å²) in [5, 5.41) is 14.6. The van der Waals surface area contributed by atoms with Crippen LogP contribution in [0.5, 0.6) is 0 Å². The Bertz CT molecular complexity index is 1210. The van der Waals surface area contributed by atoms with Crippen molar-refractivity contribution < 1.29 is 4.79 Å². The Balaban J connectivity index is 1.21. The molecule has 0 saturated carbocycles. The topological polar surface area (TPSA) is 80.0 Å². The van der Waals surface area contributed by atoms with Crippen LogP contribution in [0.4, 0.5) is 16.3 Å². The first-order valence-electron chi connectivity index (χ1n) is 10.7. The smallest absolute Gasteiger partial charge is 0.307 e. The predicted molar refractivity (Wildman–Crippen MR) is 124 cm³/mol. The summed E-state index contributed by atoms with van der Waals surface area (Å²) in [6.07, 6.45) is 3.62. The lowest BCUT2D eigenvalue weighted by Crippen LogP contribution is -2.33. The van der Waals surface area contributed by atoms with Crippen LogP contribution in [-0.4, -0.2) is 37.0 Å². The third-order valence-corrected chi connectivity index (χ3v) is 5.59. The van der Waals surface area contributed by atoms with Gasteiger partial charge in [-0.3, -0.25) is 14.9 Å². The highest BCUT2D eigenvalue weighted by Crippen LogP contribution is 2.21.